The monoisotopic (exact) mass is 244 g/mol. The molecular weight excluding hydrogens is 216 g/mol. The first-order valence-corrected chi connectivity index (χ1v) is 7.89. The van der Waals surface area contributed by atoms with Gasteiger partial charge in [-0.3, -0.25) is 4.90 Å². The van der Waals surface area contributed by atoms with Crippen LogP contribution < -0.4 is 5.32 Å². The van der Waals surface area contributed by atoms with E-state index in [9.17, 15) is 0 Å². The van der Waals surface area contributed by atoms with Gasteiger partial charge in [0.25, 0.3) is 0 Å². The lowest BCUT2D eigenvalue weighted by molar-refractivity contribution is 0.0868. The van der Waals surface area contributed by atoms with Gasteiger partial charge in [-0.15, -0.1) is 0 Å². The Bertz CT molecular complexity index is 192. The molecule has 1 heterocycles. The van der Waals surface area contributed by atoms with E-state index in [1.807, 2.05) is 0 Å². The first-order valence-electron chi connectivity index (χ1n) is 6.74. The van der Waals surface area contributed by atoms with Crippen LogP contribution >= 0.6 is 11.8 Å². The highest BCUT2D eigenvalue weighted by Gasteiger charge is 2.34. The van der Waals surface area contributed by atoms with Crippen LogP contribution in [0.3, 0.4) is 0 Å². The fraction of sp³-hybridized carbons (Fsp3) is 1.00. The van der Waals surface area contributed by atoms with Crippen LogP contribution in [0.2, 0.25) is 0 Å². The molecule has 0 aromatic heterocycles. The lowest BCUT2D eigenvalue weighted by atomic mass is 9.89. The van der Waals surface area contributed by atoms with Crippen molar-refractivity contribution >= 4 is 11.8 Å². The predicted molar refractivity (Wildman–Crippen MR) is 75.3 cm³/mol. The van der Waals surface area contributed by atoms with Gasteiger partial charge in [-0.05, 0) is 25.5 Å². The van der Waals surface area contributed by atoms with E-state index in [0.717, 1.165) is 6.54 Å². The molecule has 16 heavy (non-hydrogen) atoms. The van der Waals surface area contributed by atoms with E-state index in [-0.39, 0.29) is 0 Å². The minimum Gasteiger partial charge on any atom is -0.308 e. The minimum absolute atomic E-state index is 0.378. The van der Waals surface area contributed by atoms with Crippen LogP contribution in [0.4, 0.5) is 0 Å². The summed E-state index contributed by atoms with van der Waals surface area (Å²) in [6.45, 7) is 12.8. The zero-order valence-corrected chi connectivity index (χ0v) is 12.2. The maximum absolute atomic E-state index is 3.75. The molecule has 1 saturated heterocycles. The molecule has 1 atom stereocenters. The number of thioether (sulfide) groups is 1. The smallest absolute Gasteiger partial charge is 0.0304 e. The maximum Gasteiger partial charge on any atom is 0.0304 e. The van der Waals surface area contributed by atoms with Gasteiger partial charge in [0.05, 0.1) is 0 Å². The molecule has 0 amide bonds. The standard InChI is InChI=1S/C13H28N2S/c1-5-13(6-2)11-15(8-9-16-7-3)12(4)10-14-13/h12,14H,5-11H2,1-4H3. The van der Waals surface area contributed by atoms with Crippen LogP contribution in [0.1, 0.15) is 40.5 Å². The number of piperazine rings is 1. The maximum atomic E-state index is 3.75. The molecule has 0 aliphatic carbocycles. The third-order valence-corrected chi connectivity index (χ3v) is 4.86. The third kappa shape index (κ3) is 3.64. The van der Waals surface area contributed by atoms with Gasteiger partial charge >= 0.3 is 0 Å². The number of hydrogen-bond donors (Lipinski definition) is 1. The van der Waals surface area contributed by atoms with Crippen molar-refractivity contribution < 1.29 is 0 Å². The van der Waals surface area contributed by atoms with Gasteiger partial charge in [0.2, 0.25) is 0 Å². The van der Waals surface area contributed by atoms with Crippen molar-refractivity contribution in [1.29, 1.82) is 0 Å². The zero-order valence-electron chi connectivity index (χ0n) is 11.4. The highest BCUT2D eigenvalue weighted by atomic mass is 32.2. The average Bonchev–Trinajstić information content (AvgIpc) is 2.32. The molecule has 1 unspecified atom stereocenters. The molecule has 1 rings (SSSR count). The Hall–Kier alpha value is 0.270. The van der Waals surface area contributed by atoms with Crippen molar-refractivity contribution in [2.45, 2.75) is 52.1 Å². The molecule has 0 aromatic carbocycles. The Labute approximate surface area is 106 Å². The van der Waals surface area contributed by atoms with E-state index in [4.69, 9.17) is 0 Å². The Morgan fingerprint density at radius 2 is 2.00 bits per heavy atom. The third-order valence-electron chi connectivity index (χ3n) is 3.98. The summed E-state index contributed by atoms with van der Waals surface area (Å²) < 4.78 is 0. The molecule has 2 nitrogen and oxygen atoms in total. The lowest BCUT2D eigenvalue weighted by Gasteiger charge is -2.46. The molecule has 0 spiro atoms. The molecular formula is C13H28N2S. The van der Waals surface area contributed by atoms with Crippen molar-refractivity contribution in [2.75, 3.05) is 31.1 Å². The van der Waals surface area contributed by atoms with E-state index >= 15 is 0 Å². The molecule has 0 bridgehead atoms. The topological polar surface area (TPSA) is 15.3 Å². The SMILES string of the molecule is CCSCCN1CC(CC)(CC)NCC1C. The molecule has 96 valence electrons. The van der Waals surface area contributed by atoms with E-state index in [0.29, 0.717) is 11.6 Å². The normalized spacial score (nSPS) is 25.9. The first-order chi connectivity index (χ1) is 7.67. The van der Waals surface area contributed by atoms with Crippen molar-refractivity contribution in [3.8, 4) is 0 Å². The Kier molecular flexibility index (Phi) is 6.16. The summed E-state index contributed by atoms with van der Waals surface area (Å²) in [6.07, 6.45) is 2.49. The van der Waals surface area contributed by atoms with Crippen LogP contribution in [0.5, 0.6) is 0 Å². The highest BCUT2D eigenvalue weighted by molar-refractivity contribution is 7.99. The van der Waals surface area contributed by atoms with Crippen LogP contribution in [0.15, 0.2) is 0 Å². The summed E-state index contributed by atoms with van der Waals surface area (Å²) in [6, 6.07) is 0.698. The first kappa shape index (κ1) is 14.3. The quantitative estimate of drug-likeness (QED) is 0.723. The summed E-state index contributed by atoms with van der Waals surface area (Å²) in [5.41, 5.74) is 0.378. The van der Waals surface area contributed by atoms with Crippen molar-refractivity contribution in [3.05, 3.63) is 0 Å². The summed E-state index contributed by atoms with van der Waals surface area (Å²) >= 11 is 2.06. The van der Waals surface area contributed by atoms with Crippen molar-refractivity contribution in [2.24, 2.45) is 0 Å². The highest BCUT2D eigenvalue weighted by Crippen LogP contribution is 2.22. The summed E-state index contributed by atoms with van der Waals surface area (Å²) in [5, 5.41) is 3.75. The molecule has 3 heteroatoms. The van der Waals surface area contributed by atoms with Gasteiger partial charge in [0.1, 0.15) is 0 Å². The van der Waals surface area contributed by atoms with Gasteiger partial charge < -0.3 is 5.32 Å². The van der Waals surface area contributed by atoms with Crippen LogP contribution in [0.25, 0.3) is 0 Å². The summed E-state index contributed by atoms with van der Waals surface area (Å²) in [7, 11) is 0. The molecule has 1 aliphatic heterocycles. The van der Waals surface area contributed by atoms with Gasteiger partial charge in [-0.2, -0.15) is 11.8 Å². The second-order valence-corrected chi connectivity index (χ2v) is 6.28. The Morgan fingerprint density at radius 1 is 1.31 bits per heavy atom. The summed E-state index contributed by atoms with van der Waals surface area (Å²) in [5.74, 6) is 2.53. The predicted octanol–water partition coefficient (Wildman–Crippen LogP) is 2.59. The van der Waals surface area contributed by atoms with Gasteiger partial charge in [0, 0.05) is 37.0 Å². The minimum atomic E-state index is 0.378. The van der Waals surface area contributed by atoms with E-state index in [1.165, 1.54) is 37.4 Å². The number of rotatable bonds is 6. The second-order valence-electron chi connectivity index (χ2n) is 4.88. The zero-order chi connectivity index (χ0) is 12.0. The van der Waals surface area contributed by atoms with Crippen molar-refractivity contribution in [1.82, 2.24) is 10.2 Å². The molecule has 1 N–H and O–H groups in total. The largest absolute Gasteiger partial charge is 0.308 e. The number of nitrogens with zero attached hydrogens (tertiary/aromatic N) is 1. The fourth-order valence-corrected chi connectivity index (χ4v) is 3.10. The molecule has 0 radical (unpaired) electrons. The van der Waals surface area contributed by atoms with Gasteiger partial charge in [0.15, 0.2) is 0 Å². The molecule has 0 saturated carbocycles. The Morgan fingerprint density at radius 3 is 2.56 bits per heavy atom. The number of nitrogens with one attached hydrogen (secondary N) is 1. The van der Waals surface area contributed by atoms with E-state index < -0.39 is 0 Å². The summed E-state index contributed by atoms with van der Waals surface area (Å²) in [4.78, 5) is 2.67. The molecule has 1 fully saturated rings. The van der Waals surface area contributed by atoms with Gasteiger partial charge in [-0.1, -0.05) is 20.8 Å². The van der Waals surface area contributed by atoms with Crippen LogP contribution in [-0.2, 0) is 0 Å². The van der Waals surface area contributed by atoms with Crippen LogP contribution in [0, 0.1) is 0 Å². The molecule has 0 aromatic rings. The van der Waals surface area contributed by atoms with Crippen LogP contribution in [-0.4, -0.2) is 47.6 Å². The fourth-order valence-electron chi connectivity index (χ4n) is 2.44. The second kappa shape index (κ2) is 6.87. The van der Waals surface area contributed by atoms with Gasteiger partial charge in [-0.25, -0.2) is 0 Å². The lowest BCUT2D eigenvalue weighted by Crippen LogP contribution is -2.63. The average molecular weight is 244 g/mol. The van der Waals surface area contributed by atoms with E-state index in [2.05, 4.69) is 49.7 Å². The van der Waals surface area contributed by atoms with Crippen molar-refractivity contribution in [3.63, 3.8) is 0 Å². The Balaban J connectivity index is 2.47. The molecule has 1 aliphatic rings. The number of hydrogen-bond acceptors (Lipinski definition) is 3. The van der Waals surface area contributed by atoms with E-state index in [1.54, 1.807) is 0 Å².